The van der Waals surface area contributed by atoms with E-state index in [9.17, 15) is 4.79 Å². The number of nitrogens with one attached hydrogen (secondary N) is 1. The Labute approximate surface area is 85.1 Å². The van der Waals surface area contributed by atoms with Gasteiger partial charge in [0, 0.05) is 13.8 Å². The number of carbonyl (C=O) groups is 1. The Morgan fingerprint density at radius 1 is 1.57 bits per heavy atom. The number of hydrogen-bond donors (Lipinski definition) is 1. The molecule has 0 aliphatic rings. The van der Waals surface area contributed by atoms with Gasteiger partial charge in [0.25, 0.3) is 0 Å². The first-order valence-corrected chi connectivity index (χ1v) is 4.45. The molecule has 0 aromatic carbocycles. The SMILES string of the molecule is C=NN(C)C(C)NC(=O)OC(C)(C)C. The predicted octanol–water partition coefficient (Wildman–Crippen LogP) is 1.40. The third-order valence-electron chi connectivity index (χ3n) is 1.51. The number of nitrogens with zero attached hydrogens (tertiary/aromatic N) is 2. The largest absolute Gasteiger partial charge is 0.444 e. The molecule has 1 atom stereocenters. The van der Waals surface area contributed by atoms with Crippen LogP contribution in [-0.2, 0) is 4.74 Å². The summed E-state index contributed by atoms with van der Waals surface area (Å²) in [6.45, 7) is 10.6. The van der Waals surface area contributed by atoms with Crippen LogP contribution >= 0.6 is 0 Å². The highest BCUT2D eigenvalue weighted by molar-refractivity contribution is 5.67. The molecule has 0 aliphatic heterocycles. The van der Waals surface area contributed by atoms with Gasteiger partial charge in [-0.25, -0.2) is 4.79 Å². The molecule has 1 amide bonds. The quantitative estimate of drug-likeness (QED) is 0.426. The molecule has 0 heterocycles. The summed E-state index contributed by atoms with van der Waals surface area (Å²) in [6, 6.07) is 0. The number of hydrazone groups is 1. The lowest BCUT2D eigenvalue weighted by Gasteiger charge is -2.25. The van der Waals surface area contributed by atoms with Gasteiger partial charge in [0.05, 0.1) is 0 Å². The van der Waals surface area contributed by atoms with Crippen LogP contribution in [0.1, 0.15) is 27.7 Å². The number of alkyl carbamates (subject to hydrolysis) is 1. The molecule has 0 spiro atoms. The lowest BCUT2D eigenvalue weighted by Crippen LogP contribution is -2.44. The average molecular weight is 201 g/mol. The third kappa shape index (κ3) is 5.40. The molecule has 0 saturated carbocycles. The van der Waals surface area contributed by atoms with E-state index in [1.54, 1.807) is 14.0 Å². The summed E-state index contributed by atoms with van der Waals surface area (Å²) in [5.74, 6) is 0. The fourth-order valence-electron chi connectivity index (χ4n) is 0.694. The summed E-state index contributed by atoms with van der Waals surface area (Å²) in [6.07, 6.45) is -0.692. The zero-order valence-electron chi connectivity index (χ0n) is 9.50. The first-order chi connectivity index (χ1) is 6.26. The van der Waals surface area contributed by atoms with Crippen molar-refractivity contribution in [3.63, 3.8) is 0 Å². The zero-order chi connectivity index (χ0) is 11.4. The van der Waals surface area contributed by atoms with Crippen molar-refractivity contribution in [3.05, 3.63) is 0 Å². The van der Waals surface area contributed by atoms with Crippen LogP contribution in [0.5, 0.6) is 0 Å². The summed E-state index contributed by atoms with van der Waals surface area (Å²) in [5, 5.41) is 7.80. The fourth-order valence-corrected chi connectivity index (χ4v) is 0.694. The molecular weight excluding hydrogens is 182 g/mol. The highest BCUT2D eigenvalue weighted by Crippen LogP contribution is 2.06. The summed E-state index contributed by atoms with van der Waals surface area (Å²) in [4.78, 5) is 11.3. The van der Waals surface area contributed by atoms with Gasteiger partial charge in [-0.05, 0) is 27.7 Å². The zero-order valence-corrected chi connectivity index (χ0v) is 9.50. The number of hydrogen-bond acceptors (Lipinski definition) is 4. The van der Waals surface area contributed by atoms with E-state index in [-0.39, 0.29) is 6.17 Å². The van der Waals surface area contributed by atoms with Crippen LogP contribution in [0.3, 0.4) is 0 Å². The highest BCUT2D eigenvalue weighted by Gasteiger charge is 2.18. The van der Waals surface area contributed by atoms with E-state index in [4.69, 9.17) is 4.74 Å². The van der Waals surface area contributed by atoms with E-state index < -0.39 is 11.7 Å². The topological polar surface area (TPSA) is 53.9 Å². The van der Waals surface area contributed by atoms with Crippen molar-refractivity contribution >= 4 is 12.8 Å². The van der Waals surface area contributed by atoms with E-state index in [0.29, 0.717) is 0 Å². The van der Waals surface area contributed by atoms with Crippen molar-refractivity contribution in [2.24, 2.45) is 5.10 Å². The Morgan fingerprint density at radius 3 is 2.43 bits per heavy atom. The van der Waals surface area contributed by atoms with Crippen LogP contribution in [-0.4, -0.2) is 36.6 Å². The normalized spacial score (nSPS) is 12.9. The standard InChI is InChI=1S/C9H19N3O2/c1-7(12(6)10-5)11-8(13)14-9(2,3)4/h7H,5H2,1-4,6H3,(H,11,13). The van der Waals surface area contributed by atoms with E-state index >= 15 is 0 Å². The molecule has 82 valence electrons. The number of rotatable bonds is 3. The van der Waals surface area contributed by atoms with E-state index in [1.165, 1.54) is 5.01 Å². The van der Waals surface area contributed by atoms with E-state index in [0.717, 1.165) is 0 Å². The second kappa shape index (κ2) is 4.83. The molecule has 0 bridgehead atoms. The van der Waals surface area contributed by atoms with Gasteiger partial charge >= 0.3 is 6.09 Å². The van der Waals surface area contributed by atoms with Crippen LogP contribution in [0.25, 0.3) is 0 Å². The number of ether oxygens (including phenoxy) is 1. The second-order valence-electron chi connectivity index (χ2n) is 4.04. The van der Waals surface area contributed by atoms with Crippen molar-refractivity contribution in [1.82, 2.24) is 10.3 Å². The lowest BCUT2D eigenvalue weighted by atomic mass is 10.2. The maximum atomic E-state index is 11.3. The van der Waals surface area contributed by atoms with Gasteiger partial charge in [-0.2, -0.15) is 5.10 Å². The Bertz CT molecular complexity index is 211. The predicted molar refractivity (Wildman–Crippen MR) is 56.1 cm³/mol. The maximum Gasteiger partial charge on any atom is 0.409 e. The maximum absolute atomic E-state index is 11.3. The molecule has 0 rings (SSSR count). The minimum Gasteiger partial charge on any atom is -0.444 e. The Kier molecular flexibility index (Phi) is 4.40. The van der Waals surface area contributed by atoms with Crippen molar-refractivity contribution in [3.8, 4) is 0 Å². The van der Waals surface area contributed by atoms with Gasteiger partial charge in [0.15, 0.2) is 0 Å². The molecule has 0 radical (unpaired) electrons. The summed E-state index contributed by atoms with van der Waals surface area (Å²) < 4.78 is 5.06. The molecule has 14 heavy (non-hydrogen) atoms. The molecule has 5 heteroatoms. The van der Waals surface area contributed by atoms with Gasteiger partial charge in [0.1, 0.15) is 11.8 Å². The first-order valence-electron chi connectivity index (χ1n) is 4.45. The monoisotopic (exact) mass is 201 g/mol. The summed E-state index contributed by atoms with van der Waals surface area (Å²) in [5.41, 5.74) is -0.482. The van der Waals surface area contributed by atoms with Gasteiger partial charge in [-0.15, -0.1) is 0 Å². The van der Waals surface area contributed by atoms with Crippen LogP contribution in [0.15, 0.2) is 5.10 Å². The fraction of sp³-hybridized carbons (Fsp3) is 0.778. The first kappa shape index (κ1) is 12.7. The van der Waals surface area contributed by atoms with Crippen LogP contribution in [0.2, 0.25) is 0 Å². The molecular formula is C9H19N3O2. The average Bonchev–Trinajstić information content (AvgIpc) is 1.99. The second-order valence-corrected chi connectivity index (χ2v) is 4.04. The van der Waals surface area contributed by atoms with Crippen molar-refractivity contribution in [1.29, 1.82) is 0 Å². The van der Waals surface area contributed by atoms with Crippen LogP contribution in [0, 0.1) is 0 Å². The Morgan fingerprint density at radius 2 is 2.07 bits per heavy atom. The van der Waals surface area contributed by atoms with Gasteiger partial charge in [-0.3, -0.25) is 5.01 Å². The summed E-state index contributed by atoms with van der Waals surface area (Å²) in [7, 11) is 1.72. The molecule has 5 nitrogen and oxygen atoms in total. The van der Waals surface area contributed by atoms with Crippen molar-refractivity contribution in [2.75, 3.05) is 7.05 Å². The molecule has 0 aromatic heterocycles. The molecule has 1 N–H and O–H groups in total. The van der Waals surface area contributed by atoms with Crippen LogP contribution < -0.4 is 5.32 Å². The van der Waals surface area contributed by atoms with Crippen molar-refractivity contribution in [2.45, 2.75) is 39.5 Å². The lowest BCUT2D eigenvalue weighted by molar-refractivity contribution is 0.0451. The Balaban J connectivity index is 4.01. The third-order valence-corrected chi connectivity index (χ3v) is 1.51. The smallest absolute Gasteiger partial charge is 0.409 e. The molecule has 0 fully saturated rings. The highest BCUT2D eigenvalue weighted by atomic mass is 16.6. The molecule has 0 saturated heterocycles. The number of carbonyl (C=O) groups excluding carboxylic acids is 1. The minimum absolute atomic E-state index is 0.234. The molecule has 0 aliphatic carbocycles. The van der Waals surface area contributed by atoms with Gasteiger partial charge in [-0.1, -0.05) is 0 Å². The summed E-state index contributed by atoms with van der Waals surface area (Å²) >= 11 is 0. The molecule has 0 aromatic rings. The van der Waals surface area contributed by atoms with E-state index in [1.807, 2.05) is 20.8 Å². The van der Waals surface area contributed by atoms with Gasteiger partial charge in [0.2, 0.25) is 0 Å². The minimum atomic E-state index is -0.482. The van der Waals surface area contributed by atoms with Gasteiger partial charge < -0.3 is 10.1 Å². The van der Waals surface area contributed by atoms with E-state index in [2.05, 4.69) is 17.1 Å². The van der Waals surface area contributed by atoms with Crippen molar-refractivity contribution < 1.29 is 9.53 Å². The van der Waals surface area contributed by atoms with Crippen LogP contribution in [0.4, 0.5) is 4.79 Å². The molecule has 1 unspecified atom stereocenters. The Hall–Kier alpha value is -1.26. The number of amides is 1.